The molecule has 2 aliphatic carbocycles. The van der Waals surface area contributed by atoms with Crippen molar-refractivity contribution in [2.24, 2.45) is 28.6 Å². The molecule has 0 aromatic heterocycles. The molecule has 0 bridgehead atoms. The molecule has 0 aromatic carbocycles. The van der Waals surface area contributed by atoms with E-state index in [9.17, 15) is 0 Å². The first-order chi connectivity index (χ1) is 7.80. The first-order valence-electron chi connectivity index (χ1n) is 7.07. The third kappa shape index (κ3) is 1.53. The quantitative estimate of drug-likeness (QED) is 0.643. The van der Waals surface area contributed by atoms with Crippen LogP contribution in [0.25, 0.3) is 0 Å². The maximum Gasteiger partial charge on any atom is 0.162 e. The lowest BCUT2D eigenvalue weighted by Crippen LogP contribution is -2.52. The summed E-state index contributed by atoms with van der Waals surface area (Å²) < 4.78 is 12.0. The van der Waals surface area contributed by atoms with E-state index in [1.54, 1.807) is 0 Å². The van der Waals surface area contributed by atoms with Crippen LogP contribution < -0.4 is 0 Å². The van der Waals surface area contributed by atoms with Gasteiger partial charge < -0.3 is 9.47 Å². The van der Waals surface area contributed by atoms with Crippen molar-refractivity contribution in [3.63, 3.8) is 0 Å². The third-order valence-corrected chi connectivity index (χ3v) is 5.94. The largest absolute Gasteiger partial charge is 0.350 e. The van der Waals surface area contributed by atoms with Crippen LogP contribution in [0.3, 0.4) is 0 Å². The van der Waals surface area contributed by atoms with Crippen LogP contribution in [0.5, 0.6) is 0 Å². The Morgan fingerprint density at radius 3 is 2.12 bits per heavy atom. The molecule has 0 unspecified atom stereocenters. The molecule has 1 aliphatic heterocycles. The molecule has 3 rings (SSSR count). The predicted octanol–water partition coefficient (Wildman–Crippen LogP) is 3.46. The molecule has 2 saturated carbocycles. The summed E-state index contributed by atoms with van der Waals surface area (Å²) in [5.74, 6) is 2.08. The molecule has 1 saturated heterocycles. The van der Waals surface area contributed by atoms with Gasteiger partial charge in [-0.25, -0.2) is 0 Å². The average molecular weight is 238 g/mol. The lowest BCUT2D eigenvalue weighted by atomic mass is 9.66. The van der Waals surface area contributed by atoms with Gasteiger partial charge in [0.05, 0.1) is 13.2 Å². The van der Waals surface area contributed by atoms with E-state index >= 15 is 0 Å². The summed E-state index contributed by atoms with van der Waals surface area (Å²) in [5, 5.41) is 0. The molecule has 2 heteroatoms. The smallest absolute Gasteiger partial charge is 0.162 e. The predicted molar refractivity (Wildman–Crippen MR) is 67.6 cm³/mol. The Kier molecular flexibility index (Phi) is 2.30. The second-order valence-electron chi connectivity index (χ2n) is 7.59. The van der Waals surface area contributed by atoms with Crippen molar-refractivity contribution < 1.29 is 9.47 Å². The molecule has 1 spiro atoms. The van der Waals surface area contributed by atoms with Crippen LogP contribution in [0, 0.1) is 28.6 Å². The van der Waals surface area contributed by atoms with E-state index in [1.165, 1.54) is 12.8 Å². The molecule has 0 aromatic rings. The fourth-order valence-corrected chi connectivity index (χ4v) is 4.61. The van der Waals surface area contributed by atoms with Crippen LogP contribution in [0.2, 0.25) is 0 Å². The van der Waals surface area contributed by atoms with Crippen molar-refractivity contribution in [3.8, 4) is 0 Å². The first kappa shape index (κ1) is 12.0. The van der Waals surface area contributed by atoms with Gasteiger partial charge in [0, 0.05) is 5.41 Å². The highest BCUT2D eigenvalue weighted by atomic mass is 16.7. The summed E-state index contributed by atoms with van der Waals surface area (Å²) in [4.78, 5) is 0. The van der Waals surface area contributed by atoms with Crippen molar-refractivity contribution in [3.05, 3.63) is 0 Å². The van der Waals surface area contributed by atoms with E-state index in [4.69, 9.17) is 9.47 Å². The average Bonchev–Trinajstić information content (AvgIpc) is 2.80. The Morgan fingerprint density at radius 2 is 1.53 bits per heavy atom. The van der Waals surface area contributed by atoms with E-state index in [0.29, 0.717) is 10.8 Å². The molecular weight excluding hydrogens is 212 g/mol. The molecule has 1 heterocycles. The highest BCUT2D eigenvalue weighted by molar-refractivity contribution is 5.17. The SMILES string of the molecule is C[C@@H]1CC[C@@H]2[C@@H](C2(C)C)C12COC(C)(C)OC2. The maximum atomic E-state index is 6.00. The molecule has 0 radical (unpaired) electrons. The number of ether oxygens (including phenoxy) is 2. The van der Waals surface area contributed by atoms with E-state index < -0.39 is 0 Å². The van der Waals surface area contributed by atoms with Crippen LogP contribution in [0.4, 0.5) is 0 Å². The normalized spacial score (nSPS) is 45.4. The minimum atomic E-state index is -0.378. The van der Waals surface area contributed by atoms with Gasteiger partial charge in [-0.2, -0.15) is 0 Å². The van der Waals surface area contributed by atoms with Crippen LogP contribution in [-0.2, 0) is 9.47 Å². The molecule has 3 fully saturated rings. The van der Waals surface area contributed by atoms with Gasteiger partial charge in [0.25, 0.3) is 0 Å². The molecule has 3 aliphatic rings. The molecule has 3 atom stereocenters. The zero-order chi connectivity index (χ0) is 12.5. The zero-order valence-corrected chi connectivity index (χ0v) is 11.9. The van der Waals surface area contributed by atoms with Gasteiger partial charge in [-0.3, -0.25) is 0 Å². The minimum absolute atomic E-state index is 0.294. The van der Waals surface area contributed by atoms with Gasteiger partial charge >= 0.3 is 0 Å². The summed E-state index contributed by atoms with van der Waals surface area (Å²) in [6.45, 7) is 13.1. The fourth-order valence-electron chi connectivity index (χ4n) is 4.61. The van der Waals surface area contributed by atoms with Gasteiger partial charge in [-0.1, -0.05) is 20.8 Å². The van der Waals surface area contributed by atoms with Crippen LogP contribution in [-0.4, -0.2) is 19.0 Å². The van der Waals surface area contributed by atoms with E-state index in [-0.39, 0.29) is 5.79 Å². The molecular formula is C15H26O2. The van der Waals surface area contributed by atoms with Crippen LogP contribution in [0.1, 0.15) is 47.5 Å². The Hall–Kier alpha value is -0.0800. The lowest BCUT2D eigenvalue weighted by Gasteiger charge is -2.49. The third-order valence-electron chi connectivity index (χ3n) is 5.94. The highest BCUT2D eigenvalue weighted by Crippen LogP contribution is 2.73. The summed E-state index contributed by atoms with van der Waals surface area (Å²) in [5.41, 5.74) is 0.806. The van der Waals surface area contributed by atoms with Crippen molar-refractivity contribution in [2.75, 3.05) is 13.2 Å². The van der Waals surface area contributed by atoms with E-state index in [0.717, 1.165) is 31.0 Å². The van der Waals surface area contributed by atoms with Crippen LogP contribution in [0.15, 0.2) is 0 Å². The van der Waals surface area contributed by atoms with Gasteiger partial charge in [-0.15, -0.1) is 0 Å². The Balaban J connectivity index is 1.86. The van der Waals surface area contributed by atoms with Gasteiger partial charge in [0.1, 0.15) is 0 Å². The van der Waals surface area contributed by atoms with E-state index in [2.05, 4.69) is 20.8 Å². The van der Waals surface area contributed by atoms with Crippen molar-refractivity contribution in [1.29, 1.82) is 0 Å². The van der Waals surface area contributed by atoms with Crippen molar-refractivity contribution in [2.45, 2.75) is 53.2 Å². The minimum Gasteiger partial charge on any atom is -0.350 e. The lowest BCUT2D eigenvalue weighted by molar-refractivity contribution is -0.302. The molecule has 0 N–H and O–H groups in total. The second-order valence-corrected chi connectivity index (χ2v) is 7.59. The van der Waals surface area contributed by atoms with Gasteiger partial charge in [0.2, 0.25) is 0 Å². The van der Waals surface area contributed by atoms with Crippen LogP contribution >= 0.6 is 0 Å². The second kappa shape index (κ2) is 3.27. The van der Waals surface area contributed by atoms with Crippen molar-refractivity contribution >= 4 is 0 Å². The summed E-state index contributed by atoms with van der Waals surface area (Å²) in [6.07, 6.45) is 2.75. The first-order valence-corrected chi connectivity index (χ1v) is 7.07. The van der Waals surface area contributed by atoms with Gasteiger partial charge in [-0.05, 0) is 49.9 Å². The standard InChI is InChI=1S/C15H26O2/c1-10-6-7-11-12(13(11,2)3)15(10)8-16-14(4,5)17-9-15/h10-12H,6-9H2,1-5H3/t10-,11-,12+/m1/s1. The maximum absolute atomic E-state index is 6.00. The topological polar surface area (TPSA) is 18.5 Å². The molecule has 0 amide bonds. The summed E-state index contributed by atoms with van der Waals surface area (Å²) in [6, 6.07) is 0. The fraction of sp³-hybridized carbons (Fsp3) is 1.00. The number of hydrogen-bond acceptors (Lipinski definition) is 2. The monoisotopic (exact) mass is 238 g/mol. The number of hydrogen-bond donors (Lipinski definition) is 0. The zero-order valence-electron chi connectivity index (χ0n) is 11.9. The highest BCUT2D eigenvalue weighted by Gasteiger charge is 2.70. The Morgan fingerprint density at radius 1 is 0.941 bits per heavy atom. The summed E-state index contributed by atoms with van der Waals surface area (Å²) in [7, 11) is 0. The van der Waals surface area contributed by atoms with E-state index in [1.807, 2.05) is 13.8 Å². The summed E-state index contributed by atoms with van der Waals surface area (Å²) >= 11 is 0. The molecule has 98 valence electrons. The molecule has 17 heavy (non-hydrogen) atoms. The van der Waals surface area contributed by atoms with Crippen molar-refractivity contribution in [1.82, 2.24) is 0 Å². The van der Waals surface area contributed by atoms with Gasteiger partial charge in [0.15, 0.2) is 5.79 Å². The Bertz CT molecular complexity index is 322. The number of fused-ring (bicyclic) bond motifs is 2. The number of rotatable bonds is 0. The molecule has 2 nitrogen and oxygen atoms in total. The Labute approximate surface area is 105 Å².